The summed E-state index contributed by atoms with van der Waals surface area (Å²) in [6.07, 6.45) is 3.86. The van der Waals surface area contributed by atoms with Crippen molar-refractivity contribution in [1.82, 2.24) is 4.57 Å². The van der Waals surface area contributed by atoms with Gasteiger partial charge in [0, 0.05) is 36.4 Å². The molecule has 2 heterocycles. The van der Waals surface area contributed by atoms with E-state index >= 15 is 0 Å². The molecule has 1 aliphatic heterocycles. The second-order valence-corrected chi connectivity index (χ2v) is 7.96. The van der Waals surface area contributed by atoms with Crippen molar-refractivity contribution < 1.29 is 18.3 Å². The smallest absolute Gasteiger partial charge is 0.248 e. The van der Waals surface area contributed by atoms with Gasteiger partial charge in [-0.1, -0.05) is 24.1 Å². The Morgan fingerprint density at radius 2 is 2.15 bits per heavy atom. The van der Waals surface area contributed by atoms with E-state index in [2.05, 4.69) is 4.57 Å². The van der Waals surface area contributed by atoms with Crippen LogP contribution in [-0.4, -0.2) is 29.5 Å². The quantitative estimate of drug-likeness (QED) is 0.626. The van der Waals surface area contributed by atoms with Crippen LogP contribution in [0.4, 0.5) is 8.78 Å². The summed E-state index contributed by atoms with van der Waals surface area (Å²) in [6.45, 7) is 1.25. The standard InChI is InChI=1S/C20H22ClF2NO2/c21-16-4-1-5-17-19(16)15(10-24(17)14-11-26-12-14)18(25)7-6-13-3-2-8-20(22,23)9-13/h1,4-5,10,13-14H,2-3,6-9,11-12H2/t13-/m0/s1. The lowest BCUT2D eigenvalue weighted by Crippen LogP contribution is -2.30. The molecule has 2 aromatic rings. The molecular weight excluding hydrogens is 360 g/mol. The number of benzene rings is 1. The molecule has 2 fully saturated rings. The molecule has 0 spiro atoms. The van der Waals surface area contributed by atoms with Gasteiger partial charge in [0.2, 0.25) is 5.92 Å². The van der Waals surface area contributed by atoms with Crippen molar-refractivity contribution in [3.8, 4) is 0 Å². The Kier molecular flexibility index (Phi) is 4.78. The van der Waals surface area contributed by atoms with Crippen LogP contribution in [0.2, 0.25) is 5.02 Å². The first-order valence-corrected chi connectivity index (χ1v) is 9.60. The van der Waals surface area contributed by atoms with E-state index in [1.807, 2.05) is 18.3 Å². The third-order valence-electron chi connectivity index (χ3n) is 5.64. The monoisotopic (exact) mass is 381 g/mol. The van der Waals surface area contributed by atoms with E-state index in [1.54, 1.807) is 6.07 Å². The van der Waals surface area contributed by atoms with E-state index in [9.17, 15) is 13.6 Å². The lowest BCUT2D eigenvalue weighted by molar-refractivity contribution is -0.0535. The number of nitrogens with zero attached hydrogens (tertiary/aromatic N) is 1. The highest BCUT2D eigenvalue weighted by Crippen LogP contribution is 2.39. The number of aromatic nitrogens is 1. The zero-order chi connectivity index (χ0) is 18.3. The molecule has 1 saturated heterocycles. The van der Waals surface area contributed by atoms with Crippen LogP contribution in [0.25, 0.3) is 10.9 Å². The van der Waals surface area contributed by atoms with Crippen LogP contribution in [0.15, 0.2) is 24.4 Å². The largest absolute Gasteiger partial charge is 0.377 e. The van der Waals surface area contributed by atoms with Gasteiger partial charge in [0.15, 0.2) is 5.78 Å². The minimum Gasteiger partial charge on any atom is -0.377 e. The van der Waals surface area contributed by atoms with Crippen LogP contribution < -0.4 is 0 Å². The van der Waals surface area contributed by atoms with E-state index in [4.69, 9.17) is 16.3 Å². The third-order valence-corrected chi connectivity index (χ3v) is 5.96. The third kappa shape index (κ3) is 3.39. The van der Waals surface area contributed by atoms with Crippen molar-refractivity contribution in [3.63, 3.8) is 0 Å². The van der Waals surface area contributed by atoms with Gasteiger partial charge >= 0.3 is 0 Å². The zero-order valence-electron chi connectivity index (χ0n) is 14.5. The number of hydrogen-bond acceptors (Lipinski definition) is 2. The highest BCUT2D eigenvalue weighted by molar-refractivity contribution is 6.37. The van der Waals surface area contributed by atoms with Crippen LogP contribution >= 0.6 is 11.6 Å². The predicted molar refractivity (Wildman–Crippen MR) is 97.3 cm³/mol. The van der Waals surface area contributed by atoms with E-state index < -0.39 is 5.92 Å². The molecule has 140 valence electrons. The fraction of sp³-hybridized carbons (Fsp3) is 0.550. The Bertz CT molecular complexity index is 829. The molecule has 0 unspecified atom stereocenters. The molecule has 1 aromatic carbocycles. The predicted octanol–water partition coefficient (Wildman–Crippen LogP) is 5.65. The molecule has 0 radical (unpaired) electrons. The number of alkyl halides is 2. The summed E-state index contributed by atoms with van der Waals surface area (Å²) in [5.41, 5.74) is 1.53. The average molecular weight is 382 g/mol. The molecule has 6 heteroatoms. The first kappa shape index (κ1) is 17.9. The van der Waals surface area contributed by atoms with Crippen molar-refractivity contribution in [2.75, 3.05) is 13.2 Å². The average Bonchev–Trinajstić information content (AvgIpc) is 2.91. The van der Waals surface area contributed by atoms with Crippen LogP contribution in [0.1, 0.15) is 54.9 Å². The number of Topliss-reactive ketones (excluding diaryl/α,β-unsaturated/α-hetero) is 1. The Labute approximate surface area is 156 Å². The van der Waals surface area contributed by atoms with E-state index in [0.29, 0.717) is 36.6 Å². The van der Waals surface area contributed by atoms with Crippen molar-refractivity contribution in [3.05, 3.63) is 35.0 Å². The number of halogens is 3. The number of hydrogen-bond donors (Lipinski definition) is 0. The molecule has 0 bridgehead atoms. The molecule has 3 nitrogen and oxygen atoms in total. The van der Waals surface area contributed by atoms with Gasteiger partial charge < -0.3 is 9.30 Å². The SMILES string of the molecule is O=C(CC[C@@H]1CCCC(F)(F)C1)c1cn(C2COC2)c2cccc(Cl)c12. The highest BCUT2D eigenvalue weighted by Gasteiger charge is 2.36. The number of rotatable bonds is 5. The molecule has 0 N–H and O–H groups in total. The van der Waals surface area contributed by atoms with E-state index in [1.165, 1.54) is 0 Å². The Morgan fingerprint density at radius 1 is 1.35 bits per heavy atom. The lowest BCUT2D eigenvalue weighted by Gasteiger charge is -2.28. The number of fused-ring (bicyclic) bond motifs is 1. The first-order chi connectivity index (χ1) is 12.4. The van der Waals surface area contributed by atoms with Gasteiger partial charge in [-0.25, -0.2) is 8.78 Å². The van der Waals surface area contributed by atoms with Gasteiger partial charge in [-0.3, -0.25) is 4.79 Å². The first-order valence-electron chi connectivity index (χ1n) is 9.22. The molecule has 4 rings (SSSR count). The molecule has 0 amide bonds. The van der Waals surface area contributed by atoms with Crippen LogP contribution in [0.3, 0.4) is 0 Å². The second-order valence-electron chi connectivity index (χ2n) is 7.56. The normalized spacial score (nSPS) is 23.1. The van der Waals surface area contributed by atoms with Gasteiger partial charge in [-0.05, 0) is 30.9 Å². The Balaban J connectivity index is 1.55. The summed E-state index contributed by atoms with van der Waals surface area (Å²) in [5.74, 6) is -2.67. The Morgan fingerprint density at radius 3 is 2.85 bits per heavy atom. The van der Waals surface area contributed by atoms with Crippen molar-refractivity contribution in [2.24, 2.45) is 5.92 Å². The lowest BCUT2D eigenvalue weighted by atomic mass is 9.83. The molecule has 2 aliphatic rings. The number of ether oxygens (including phenoxy) is 1. The molecule has 26 heavy (non-hydrogen) atoms. The minimum atomic E-state index is -2.57. The van der Waals surface area contributed by atoms with Crippen LogP contribution in [0, 0.1) is 5.92 Å². The summed E-state index contributed by atoms with van der Waals surface area (Å²) in [5, 5.41) is 1.31. The summed E-state index contributed by atoms with van der Waals surface area (Å²) in [6, 6.07) is 5.83. The van der Waals surface area contributed by atoms with Crippen molar-refractivity contribution >= 4 is 28.3 Å². The summed E-state index contributed by atoms with van der Waals surface area (Å²) in [4.78, 5) is 12.9. The number of ketones is 1. The fourth-order valence-electron chi connectivity index (χ4n) is 4.16. The maximum absolute atomic E-state index is 13.6. The van der Waals surface area contributed by atoms with Gasteiger partial charge in [0.05, 0.1) is 29.8 Å². The highest BCUT2D eigenvalue weighted by atomic mass is 35.5. The summed E-state index contributed by atoms with van der Waals surface area (Å²) >= 11 is 6.38. The van der Waals surface area contributed by atoms with Crippen LogP contribution in [-0.2, 0) is 4.74 Å². The molecule has 1 saturated carbocycles. The van der Waals surface area contributed by atoms with Gasteiger partial charge in [0.1, 0.15) is 0 Å². The van der Waals surface area contributed by atoms with Gasteiger partial charge in [-0.15, -0.1) is 0 Å². The second kappa shape index (κ2) is 6.93. The number of carbonyl (C=O) groups excluding carboxylic acids is 1. The van der Waals surface area contributed by atoms with E-state index in [-0.39, 0.29) is 37.0 Å². The van der Waals surface area contributed by atoms with Gasteiger partial charge in [-0.2, -0.15) is 0 Å². The molecular formula is C20H22ClF2NO2. The zero-order valence-corrected chi connectivity index (χ0v) is 15.3. The van der Waals surface area contributed by atoms with Crippen molar-refractivity contribution in [1.29, 1.82) is 0 Å². The topological polar surface area (TPSA) is 31.2 Å². The van der Waals surface area contributed by atoms with Crippen molar-refractivity contribution in [2.45, 2.75) is 50.5 Å². The minimum absolute atomic E-state index is 0.0176. The maximum atomic E-state index is 13.6. The molecule has 1 aliphatic carbocycles. The summed E-state index contributed by atoms with van der Waals surface area (Å²) < 4.78 is 34.5. The molecule has 1 atom stereocenters. The Hall–Kier alpha value is -1.46. The summed E-state index contributed by atoms with van der Waals surface area (Å²) in [7, 11) is 0. The van der Waals surface area contributed by atoms with E-state index in [0.717, 1.165) is 17.3 Å². The van der Waals surface area contributed by atoms with Gasteiger partial charge in [0.25, 0.3) is 0 Å². The maximum Gasteiger partial charge on any atom is 0.248 e. The van der Waals surface area contributed by atoms with Crippen LogP contribution in [0.5, 0.6) is 0 Å². The molecule has 1 aromatic heterocycles. The number of carbonyl (C=O) groups is 1. The fourth-order valence-corrected chi connectivity index (χ4v) is 4.43.